The number of amides is 1. The smallest absolute Gasteiger partial charge is 0.271 e. The first-order valence-corrected chi connectivity index (χ1v) is 14.9. The summed E-state index contributed by atoms with van der Waals surface area (Å²) in [6.07, 6.45) is 6.30. The lowest BCUT2D eigenvalue weighted by Crippen LogP contribution is -2.44. The van der Waals surface area contributed by atoms with Gasteiger partial charge in [0.15, 0.2) is 11.6 Å². The molecule has 7 rings (SSSR count). The molecule has 2 saturated carbocycles. The highest BCUT2D eigenvalue weighted by atomic mass is 16.2. The zero-order valence-electron chi connectivity index (χ0n) is 24.1. The predicted octanol–water partition coefficient (Wildman–Crippen LogP) is 3.42. The molecule has 11 nitrogen and oxygen atoms in total. The van der Waals surface area contributed by atoms with Crippen LogP contribution in [-0.2, 0) is 26.7 Å². The average Bonchev–Trinajstić information content (AvgIpc) is 3.86. The molecule has 11 heteroatoms. The van der Waals surface area contributed by atoms with E-state index in [1.807, 2.05) is 24.0 Å². The van der Waals surface area contributed by atoms with Crippen LogP contribution in [0.5, 0.6) is 0 Å². The van der Waals surface area contributed by atoms with Crippen molar-refractivity contribution in [2.45, 2.75) is 71.2 Å². The molecule has 1 N–H and O–H groups in total. The Kier molecular flexibility index (Phi) is 6.31. The van der Waals surface area contributed by atoms with E-state index in [1.54, 1.807) is 0 Å². The molecule has 212 valence electrons. The molecule has 1 amide bonds. The lowest BCUT2D eigenvalue weighted by atomic mass is 10.2. The van der Waals surface area contributed by atoms with Crippen molar-refractivity contribution in [3.05, 3.63) is 29.8 Å². The Labute approximate surface area is 234 Å². The molecule has 1 saturated heterocycles. The molecule has 3 fully saturated rings. The molecule has 4 aromatic heterocycles. The fraction of sp³-hybridized carbons (Fsp3) is 0.586. The summed E-state index contributed by atoms with van der Waals surface area (Å²) in [6, 6.07) is 4.98. The third kappa shape index (κ3) is 4.45. The van der Waals surface area contributed by atoms with Crippen LogP contribution in [0.15, 0.2) is 18.5 Å². The van der Waals surface area contributed by atoms with Crippen LogP contribution < -0.4 is 5.32 Å². The Balaban J connectivity index is 1.25. The lowest BCUT2D eigenvalue weighted by Gasteiger charge is -2.32. The van der Waals surface area contributed by atoms with E-state index < -0.39 is 0 Å². The number of likely N-dealkylation sites (N-methyl/N-ethyl adjacent to an activating group) is 1. The van der Waals surface area contributed by atoms with Crippen LogP contribution in [0.2, 0.25) is 0 Å². The first kappa shape index (κ1) is 25.5. The van der Waals surface area contributed by atoms with Crippen molar-refractivity contribution in [1.82, 2.24) is 43.6 Å². The maximum atomic E-state index is 13.9. The van der Waals surface area contributed by atoms with Crippen molar-refractivity contribution in [3.63, 3.8) is 0 Å². The Morgan fingerprint density at radius 1 is 1.02 bits per heavy atom. The summed E-state index contributed by atoms with van der Waals surface area (Å²) in [5.74, 6) is 1.58. The number of piperazine rings is 1. The summed E-state index contributed by atoms with van der Waals surface area (Å²) >= 11 is 0. The third-order valence-corrected chi connectivity index (χ3v) is 8.74. The number of aryl methyl sites for hydroxylation is 3. The summed E-state index contributed by atoms with van der Waals surface area (Å²) in [5.41, 5.74) is 4.50. The minimum Gasteiger partial charge on any atom is -0.333 e. The number of fused-ring (bicyclic) bond motifs is 3. The summed E-state index contributed by atoms with van der Waals surface area (Å²) in [4.78, 5) is 30.7. The Bertz CT molecular complexity index is 1550. The zero-order chi connectivity index (χ0) is 27.5. The second-order valence-corrected chi connectivity index (χ2v) is 11.7. The van der Waals surface area contributed by atoms with Gasteiger partial charge in [-0.2, -0.15) is 5.10 Å². The van der Waals surface area contributed by atoms with Gasteiger partial charge in [-0.1, -0.05) is 0 Å². The number of nitrogens with one attached hydrogen (secondary N) is 1. The van der Waals surface area contributed by atoms with Gasteiger partial charge in [0.25, 0.3) is 5.91 Å². The van der Waals surface area contributed by atoms with Gasteiger partial charge in [0, 0.05) is 76.4 Å². The molecule has 2 aliphatic carbocycles. The minimum absolute atomic E-state index is 0.143. The van der Waals surface area contributed by atoms with Gasteiger partial charge in [-0.05, 0) is 52.6 Å². The average molecular weight is 545 g/mol. The summed E-state index contributed by atoms with van der Waals surface area (Å²) in [7, 11) is 4.19. The molecule has 40 heavy (non-hydrogen) atoms. The molecule has 3 aliphatic rings. The van der Waals surface area contributed by atoms with E-state index in [2.05, 4.69) is 56.2 Å². The van der Waals surface area contributed by atoms with E-state index in [1.165, 1.54) is 5.69 Å². The molecule has 0 atom stereocenters. The molecular formula is C29H40N10O. The summed E-state index contributed by atoms with van der Waals surface area (Å²) in [5, 5.41) is 9.35. The summed E-state index contributed by atoms with van der Waals surface area (Å²) in [6.45, 7) is 10.9. The largest absolute Gasteiger partial charge is 0.333 e. The number of anilines is 2. The molecule has 0 spiro atoms. The van der Waals surface area contributed by atoms with Gasteiger partial charge in [0.2, 0.25) is 0 Å². The monoisotopic (exact) mass is 544 g/mol. The van der Waals surface area contributed by atoms with Crippen molar-refractivity contribution in [2.24, 2.45) is 7.05 Å². The molecule has 0 radical (unpaired) electrons. The van der Waals surface area contributed by atoms with Crippen molar-refractivity contribution in [1.29, 1.82) is 0 Å². The van der Waals surface area contributed by atoms with Gasteiger partial charge in [-0.15, -0.1) is 0 Å². The molecule has 0 bridgehead atoms. The second kappa shape index (κ2) is 9.88. The fourth-order valence-electron chi connectivity index (χ4n) is 6.24. The van der Waals surface area contributed by atoms with Crippen LogP contribution in [-0.4, -0.2) is 94.8 Å². The molecule has 0 aromatic carbocycles. The van der Waals surface area contributed by atoms with Crippen molar-refractivity contribution >= 4 is 39.6 Å². The molecule has 5 heterocycles. The molecule has 4 aromatic rings. The second-order valence-electron chi connectivity index (χ2n) is 11.7. The number of pyridine rings is 1. The van der Waals surface area contributed by atoms with Crippen LogP contribution in [0.25, 0.3) is 22.1 Å². The van der Waals surface area contributed by atoms with Gasteiger partial charge >= 0.3 is 0 Å². The number of rotatable bonds is 9. The van der Waals surface area contributed by atoms with Crippen molar-refractivity contribution < 1.29 is 4.79 Å². The van der Waals surface area contributed by atoms with Gasteiger partial charge in [-0.25, -0.2) is 9.97 Å². The highest BCUT2D eigenvalue weighted by molar-refractivity contribution is 6.10. The quantitative estimate of drug-likeness (QED) is 0.345. The maximum absolute atomic E-state index is 13.9. The molecular weight excluding hydrogens is 504 g/mol. The van der Waals surface area contributed by atoms with E-state index in [9.17, 15) is 4.79 Å². The first-order chi connectivity index (χ1) is 19.4. The lowest BCUT2D eigenvalue weighted by molar-refractivity contribution is 0.0719. The van der Waals surface area contributed by atoms with E-state index in [4.69, 9.17) is 15.1 Å². The highest BCUT2D eigenvalue weighted by Gasteiger charge is 2.43. The van der Waals surface area contributed by atoms with E-state index in [-0.39, 0.29) is 5.91 Å². The number of hydrogen-bond acceptors (Lipinski definition) is 7. The maximum Gasteiger partial charge on any atom is 0.271 e. The SMILES string of the molecule is CCn1nc(Nc2nc3c(cc(C(=O)N(C4CC4)C4CC4)n3CC)c3c2ncn3C)cc1CN1CCN(C)CC1. The minimum atomic E-state index is 0.143. The summed E-state index contributed by atoms with van der Waals surface area (Å²) < 4.78 is 6.18. The number of carbonyl (C=O) groups is 1. The number of aromatic nitrogens is 6. The van der Waals surface area contributed by atoms with Gasteiger partial charge in [0.1, 0.15) is 16.9 Å². The van der Waals surface area contributed by atoms with Crippen LogP contribution in [0.1, 0.15) is 55.7 Å². The number of carbonyl (C=O) groups excluding carboxylic acids is 1. The van der Waals surface area contributed by atoms with Crippen LogP contribution in [0.4, 0.5) is 11.6 Å². The van der Waals surface area contributed by atoms with Crippen LogP contribution in [0.3, 0.4) is 0 Å². The highest BCUT2D eigenvalue weighted by Crippen LogP contribution is 2.39. The van der Waals surface area contributed by atoms with Crippen LogP contribution >= 0.6 is 0 Å². The Morgan fingerprint density at radius 2 is 1.75 bits per heavy atom. The van der Waals surface area contributed by atoms with Gasteiger partial charge < -0.3 is 24.3 Å². The number of nitrogens with zero attached hydrogens (tertiary/aromatic N) is 9. The van der Waals surface area contributed by atoms with E-state index in [0.717, 1.165) is 98.5 Å². The predicted molar refractivity (Wildman–Crippen MR) is 156 cm³/mol. The standard InChI is InChI=1S/C29H40N10O/c1-5-37-23(29(40)39(19-7-8-19)20-9-10-20)16-22-26-25(30-18-35(26)4)27(32-28(22)37)31-24-15-21(38(6-2)33-24)17-36-13-11-34(3)12-14-36/h15-16,18-20H,5-14,17H2,1-4H3,(H,31,32,33). The Hall–Kier alpha value is -3.44. The molecule has 1 aliphatic heterocycles. The fourth-order valence-corrected chi connectivity index (χ4v) is 6.24. The van der Waals surface area contributed by atoms with E-state index >= 15 is 0 Å². The normalized spacial score (nSPS) is 18.7. The van der Waals surface area contributed by atoms with Gasteiger partial charge in [0.05, 0.1) is 17.5 Å². The van der Waals surface area contributed by atoms with Crippen LogP contribution in [0, 0.1) is 0 Å². The zero-order valence-corrected chi connectivity index (χ0v) is 24.1. The topological polar surface area (TPSA) is 92.3 Å². The number of hydrogen-bond donors (Lipinski definition) is 1. The Morgan fingerprint density at radius 3 is 2.40 bits per heavy atom. The third-order valence-electron chi connectivity index (χ3n) is 8.74. The van der Waals surface area contributed by atoms with E-state index in [0.29, 0.717) is 24.4 Å². The van der Waals surface area contributed by atoms with Crippen molar-refractivity contribution in [2.75, 3.05) is 38.5 Å². The first-order valence-electron chi connectivity index (χ1n) is 14.9. The molecule has 0 unspecified atom stereocenters. The van der Waals surface area contributed by atoms with Crippen molar-refractivity contribution in [3.8, 4) is 0 Å². The number of imidazole rings is 1. The van der Waals surface area contributed by atoms with Gasteiger partial charge in [-0.3, -0.25) is 14.4 Å².